The number of hydrogen-bond acceptors (Lipinski definition) is 6. The van der Waals surface area contributed by atoms with Gasteiger partial charge in [0.15, 0.2) is 6.61 Å². The zero-order valence-corrected chi connectivity index (χ0v) is 26.0. The summed E-state index contributed by atoms with van der Waals surface area (Å²) in [5.74, 6) is 1.56. The van der Waals surface area contributed by atoms with Crippen LogP contribution in [0, 0.1) is 17.8 Å². The van der Waals surface area contributed by atoms with Crippen molar-refractivity contribution in [3.8, 4) is 5.75 Å². The Bertz CT molecular complexity index is 1050. The van der Waals surface area contributed by atoms with E-state index in [4.69, 9.17) is 18.9 Å². The van der Waals surface area contributed by atoms with Gasteiger partial charge in [-0.3, -0.25) is 0 Å². The maximum absolute atomic E-state index is 12.1. The Hall–Kier alpha value is -2.60. The molecule has 0 aromatic heterocycles. The first-order valence-electron chi connectivity index (χ1n) is 14.7. The van der Waals surface area contributed by atoms with Gasteiger partial charge in [-0.2, -0.15) is 0 Å². The molecule has 1 fully saturated rings. The molecule has 0 radical (unpaired) electrons. The molecular formula is C34H50O6. The predicted molar refractivity (Wildman–Crippen MR) is 158 cm³/mol. The molecule has 222 valence electrons. The van der Waals surface area contributed by atoms with E-state index in [9.17, 15) is 9.59 Å². The first kappa shape index (κ1) is 31.9. The number of rotatable bonds is 9. The third-order valence-corrected chi connectivity index (χ3v) is 7.93. The summed E-state index contributed by atoms with van der Waals surface area (Å²) < 4.78 is 22.2. The predicted octanol–water partition coefficient (Wildman–Crippen LogP) is 7.35. The molecule has 0 N–H and O–H groups in total. The van der Waals surface area contributed by atoms with Gasteiger partial charge in [-0.25, -0.2) is 9.59 Å². The standard InChI is InChI=1S/C34H50O6/c1-31(2,3)39-29(35)22-37-28-16-14-27(15-17-28)33(7,8)26-12-10-24(11-13-26)25-18-20-34(9,21-19-25)38-23-30(36)40-32(4,5)6/h14-21,24-26H,10-13,22-23H2,1-9H3. The molecule has 40 heavy (non-hydrogen) atoms. The van der Waals surface area contributed by atoms with Gasteiger partial charge in [-0.05, 0) is 115 Å². The van der Waals surface area contributed by atoms with Gasteiger partial charge >= 0.3 is 11.9 Å². The van der Waals surface area contributed by atoms with Crippen LogP contribution in [0.3, 0.4) is 0 Å². The maximum atomic E-state index is 12.1. The van der Waals surface area contributed by atoms with E-state index in [2.05, 4.69) is 50.3 Å². The van der Waals surface area contributed by atoms with Crippen LogP contribution in [0.5, 0.6) is 5.75 Å². The van der Waals surface area contributed by atoms with Crippen LogP contribution in [-0.4, -0.2) is 42.0 Å². The van der Waals surface area contributed by atoms with Crippen molar-refractivity contribution in [2.45, 2.75) is 110 Å². The molecule has 1 aromatic rings. The summed E-state index contributed by atoms with van der Waals surface area (Å²) in [6, 6.07) is 8.15. The monoisotopic (exact) mass is 554 g/mol. The van der Waals surface area contributed by atoms with Gasteiger partial charge in [0.2, 0.25) is 0 Å². The fourth-order valence-electron chi connectivity index (χ4n) is 5.68. The average Bonchev–Trinajstić information content (AvgIpc) is 2.85. The van der Waals surface area contributed by atoms with E-state index in [1.807, 2.05) is 60.6 Å². The quantitative estimate of drug-likeness (QED) is 0.235. The molecule has 6 heteroatoms. The average molecular weight is 555 g/mol. The van der Waals surface area contributed by atoms with Crippen LogP contribution in [0.2, 0.25) is 0 Å². The number of carbonyl (C=O) groups is 2. The van der Waals surface area contributed by atoms with Crippen LogP contribution in [0.1, 0.15) is 93.6 Å². The number of esters is 2. The second-order valence-electron chi connectivity index (χ2n) is 14.1. The molecule has 3 rings (SSSR count). The lowest BCUT2D eigenvalue weighted by Crippen LogP contribution is -2.35. The third kappa shape index (κ3) is 9.50. The van der Waals surface area contributed by atoms with Crippen LogP contribution in [0.15, 0.2) is 48.6 Å². The van der Waals surface area contributed by atoms with Crippen LogP contribution >= 0.6 is 0 Å². The fraction of sp³-hybridized carbons (Fsp3) is 0.647. The minimum Gasteiger partial charge on any atom is -0.482 e. The molecule has 6 nitrogen and oxygen atoms in total. The van der Waals surface area contributed by atoms with Crippen molar-refractivity contribution < 1.29 is 28.5 Å². The van der Waals surface area contributed by atoms with Crippen molar-refractivity contribution in [3.05, 3.63) is 54.1 Å². The Kier molecular flexibility index (Phi) is 9.98. The summed E-state index contributed by atoms with van der Waals surface area (Å²) in [5, 5.41) is 0. The molecule has 0 spiro atoms. The van der Waals surface area contributed by atoms with Crippen LogP contribution in [0.25, 0.3) is 0 Å². The molecule has 1 saturated carbocycles. The first-order valence-corrected chi connectivity index (χ1v) is 14.7. The van der Waals surface area contributed by atoms with Crippen molar-refractivity contribution in [1.29, 1.82) is 0 Å². The van der Waals surface area contributed by atoms with Gasteiger partial charge in [0, 0.05) is 0 Å². The van der Waals surface area contributed by atoms with Gasteiger partial charge in [-0.1, -0.05) is 50.3 Å². The van der Waals surface area contributed by atoms with Crippen LogP contribution < -0.4 is 4.74 Å². The normalized spacial score (nSPS) is 25.4. The second-order valence-corrected chi connectivity index (χ2v) is 14.1. The molecule has 0 saturated heterocycles. The minimum absolute atomic E-state index is 0.0426. The maximum Gasteiger partial charge on any atom is 0.344 e. The topological polar surface area (TPSA) is 71.1 Å². The first-order chi connectivity index (χ1) is 18.5. The van der Waals surface area contributed by atoms with Gasteiger partial charge < -0.3 is 18.9 Å². The Morgan fingerprint density at radius 1 is 0.775 bits per heavy atom. The van der Waals surface area contributed by atoms with Gasteiger partial charge in [0.1, 0.15) is 29.2 Å². The van der Waals surface area contributed by atoms with E-state index >= 15 is 0 Å². The Labute approximate surface area is 241 Å². The van der Waals surface area contributed by atoms with Crippen molar-refractivity contribution in [1.82, 2.24) is 0 Å². The number of allylic oxidation sites excluding steroid dienone is 2. The summed E-state index contributed by atoms with van der Waals surface area (Å²) >= 11 is 0. The Morgan fingerprint density at radius 3 is 1.77 bits per heavy atom. The summed E-state index contributed by atoms with van der Waals surface area (Å²) in [6.45, 7) is 17.6. The van der Waals surface area contributed by atoms with Crippen molar-refractivity contribution in [2.24, 2.45) is 17.8 Å². The fourth-order valence-corrected chi connectivity index (χ4v) is 5.68. The van der Waals surface area contributed by atoms with Gasteiger partial charge in [-0.15, -0.1) is 0 Å². The summed E-state index contributed by atoms with van der Waals surface area (Å²) in [4.78, 5) is 24.0. The van der Waals surface area contributed by atoms with E-state index in [1.54, 1.807) is 0 Å². The zero-order valence-electron chi connectivity index (χ0n) is 26.0. The zero-order chi connectivity index (χ0) is 29.8. The van der Waals surface area contributed by atoms with Gasteiger partial charge in [0.25, 0.3) is 0 Å². The molecule has 0 aliphatic heterocycles. The number of carbonyl (C=O) groups excluding carboxylic acids is 2. The van der Waals surface area contributed by atoms with E-state index in [0.717, 1.165) is 0 Å². The minimum atomic E-state index is -0.588. The highest BCUT2D eigenvalue weighted by atomic mass is 16.6. The van der Waals surface area contributed by atoms with E-state index in [1.165, 1.54) is 31.2 Å². The third-order valence-electron chi connectivity index (χ3n) is 7.93. The van der Waals surface area contributed by atoms with Crippen LogP contribution in [-0.2, 0) is 29.2 Å². The lowest BCUT2D eigenvalue weighted by molar-refractivity contribution is -0.163. The lowest BCUT2D eigenvalue weighted by Gasteiger charge is -2.41. The molecule has 1 aromatic carbocycles. The molecule has 0 atom stereocenters. The molecular weight excluding hydrogens is 504 g/mol. The lowest BCUT2D eigenvalue weighted by atomic mass is 9.64. The Balaban J connectivity index is 1.48. The second kappa shape index (κ2) is 12.5. The highest BCUT2D eigenvalue weighted by Crippen LogP contribution is 2.45. The highest BCUT2D eigenvalue weighted by molar-refractivity contribution is 5.71. The van der Waals surface area contributed by atoms with Crippen molar-refractivity contribution >= 4 is 11.9 Å². The molecule has 0 bridgehead atoms. The highest BCUT2D eigenvalue weighted by Gasteiger charge is 2.36. The number of benzene rings is 1. The van der Waals surface area contributed by atoms with Gasteiger partial charge in [0.05, 0.1) is 0 Å². The van der Waals surface area contributed by atoms with E-state index in [-0.39, 0.29) is 30.6 Å². The largest absolute Gasteiger partial charge is 0.482 e. The molecule has 2 aliphatic rings. The van der Waals surface area contributed by atoms with Crippen molar-refractivity contribution in [3.63, 3.8) is 0 Å². The number of hydrogen-bond donors (Lipinski definition) is 0. The summed E-state index contributed by atoms with van der Waals surface area (Å²) in [6.07, 6.45) is 13.4. The van der Waals surface area contributed by atoms with Crippen LogP contribution in [0.4, 0.5) is 0 Å². The Morgan fingerprint density at radius 2 is 1.27 bits per heavy atom. The number of ether oxygens (including phenoxy) is 4. The smallest absolute Gasteiger partial charge is 0.344 e. The van der Waals surface area contributed by atoms with E-state index < -0.39 is 16.8 Å². The summed E-state index contributed by atoms with van der Waals surface area (Å²) in [7, 11) is 0. The SMILES string of the molecule is CC(C)(C)OC(=O)COc1ccc(C(C)(C)C2CCC(C3C=CC(C)(OCC(=O)OC(C)(C)C)C=C3)CC2)cc1. The summed E-state index contributed by atoms with van der Waals surface area (Å²) in [5.41, 5.74) is -0.291. The van der Waals surface area contributed by atoms with E-state index in [0.29, 0.717) is 23.5 Å². The molecule has 0 amide bonds. The molecule has 2 aliphatic carbocycles. The molecule has 0 unspecified atom stereocenters. The van der Waals surface area contributed by atoms with Crippen molar-refractivity contribution in [2.75, 3.05) is 13.2 Å². The molecule has 0 heterocycles.